The van der Waals surface area contributed by atoms with Crippen LogP contribution in [-0.2, 0) is 6.42 Å². The largest absolute Gasteiger partial charge is 0.504 e. The standard InChI is InChI=1S/C11H15NO3/c12-4-2-1-3-8-5-9(13)11-10(6-8)14-7-15-11/h5-6,13H,1-4,7,12H2. The summed E-state index contributed by atoms with van der Waals surface area (Å²) in [5.41, 5.74) is 6.48. The molecule has 1 aliphatic heterocycles. The van der Waals surface area contributed by atoms with Crippen LogP contribution >= 0.6 is 0 Å². The van der Waals surface area contributed by atoms with E-state index in [2.05, 4.69) is 0 Å². The van der Waals surface area contributed by atoms with Crippen LogP contribution in [0.3, 0.4) is 0 Å². The molecule has 0 fully saturated rings. The van der Waals surface area contributed by atoms with Gasteiger partial charge in [-0.2, -0.15) is 0 Å². The Hall–Kier alpha value is -1.42. The highest BCUT2D eigenvalue weighted by molar-refractivity contribution is 5.54. The number of unbranched alkanes of at least 4 members (excludes halogenated alkanes) is 1. The van der Waals surface area contributed by atoms with Crippen LogP contribution in [0.1, 0.15) is 18.4 Å². The van der Waals surface area contributed by atoms with E-state index < -0.39 is 0 Å². The number of fused-ring (bicyclic) bond motifs is 1. The molecule has 15 heavy (non-hydrogen) atoms. The minimum Gasteiger partial charge on any atom is -0.504 e. The van der Waals surface area contributed by atoms with Crippen LogP contribution in [0.25, 0.3) is 0 Å². The normalized spacial score (nSPS) is 13.1. The predicted molar refractivity (Wildman–Crippen MR) is 56.2 cm³/mol. The number of hydrogen-bond donors (Lipinski definition) is 2. The number of benzene rings is 1. The minimum absolute atomic E-state index is 0.160. The van der Waals surface area contributed by atoms with E-state index in [0.29, 0.717) is 18.0 Å². The van der Waals surface area contributed by atoms with Crippen molar-refractivity contribution in [1.82, 2.24) is 0 Å². The van der Waals surface area contributed by atoms with Gasteiger partial charge in [0.15, 0.2) is 11.5 Å². The Labute approximate surface area is 88.6 Å². The summed E-state index contributed by atoms with van der Waals surface area (Å²) in [5.74, 6) is 1.25. The summed E-state index contributed by atoms with van der Waals surface area (Å²) in [6.07, 6.45) is 2.92. The number of hydrogen-bond acceptors (Lipinski definition) is 4. The lowest BCUT2D eigenvalue weighted by atomic mass is 10.1. The lowest BCUT2D eigenvalue weighted by molar-refractivity contribution is 0.171. The van der Waals surface area contributed by atoms with Crippen LogP contribution in [0.15, 0.2) is 12.1 Å². The van der Waals surface area contributed by atoms with Crippen molar-refractivity contribution in [2.45, 2.75) is 19.3 Å². The first-order valence-corrected chi connectivity index (χ1v) is 5.13. The Morgan fingerprint density at radius 2 is 2.13 bits per heavy atom. The Morgan fingerprint density at radius 3 is 2.93 bits per heavy atom. The fourth-order valence-electron chi connectivity index (χ4n) is 1.66. The molecule has 1 heterocycles. The molecular weight excluding hydrogens is 194 g/mol. The maximum Gasteiger partial charge on any atom is 0.231 e. The maximum atomic E-state index is 9.64. The Morgan fingerprint density at radius 1 is 1.27 bits per heavy atom. The van der Waals surface area contributed by atoms with Crippen molar-refractivity contribution < 1.29 is 14.6 Å². The van der Waals surface area contributed by atoms with Gasteiger partial charge in [0.05, 0.1) is 0 Å². The van der Waals surface area contributed by atoms with Gasteiger partial charge in [0.2, 0.25) is 12.5 Å². The van der Waals surface area contributed by atoms with E-state index in [-0.39, 0.29) is 12.5 Å². The third-order valence-corrected chi connectivity index (χ3v) is 2.43. The first-order valence-electron chi connectivity index (χ1n) is 5.13. The van der Waals surface area contributed by atoms with E-state index in [1.165, 1.54) is 0 Å². The van der Waals surface area contributed by atoms with Gasteiger partial charge < -0.3 is 20.3 Å². The van der Waals surface area contributed by atoms with Crippen LogP contribution in [-0.4, -0.2) is 18.4 Å². The predicted octanol–water partition coefficient (Wildman–Crippen LogP) is 1.40. The topological polar surface area (TPSA) is 64.7 Å². The van der Waals surface area contributed by atoms with Crippen LogP contribution < -0.4 is 15.2 Å². The summed E-state index contributed by atoms with van der Waals surface area (Å²) in [5, 5.41) is 9.64. The molecule has 3 N–H and O–H groups in total. The van der Waals surface area contributed by atoms with Crippen molar-refractivity contribution in [1.29, 1.82) is 0 Å². The Balaban J connectivity index is 2.09. The lowest BCUT2D eigenvalue weighted by Gasteiger charge is -2.04. The highest BCUT2D eigenvalue weighted by atomic mass is 16.7. The van der Waals surface area contributed by atoms with E-state index >= 15 is 0 Å². The zero-order chi connectivity index (χ0) is 10.7. The average Bonchev–Trinajstić information content (AvgIpc) is 2.66. The quantitative estimate of drug-likeness (QED) is 0.736. The molecule has 0 atom stereocenters. The molecule has 0 unspecified atom stereocenters. The molecular formula is C11H15NO3. The first-order chi connectivity index (χ1) is 7.31. The van der Waals surface area contributed by atoms with Gasteiger partial charge in [-0.3, -0.25) is 0 Å². The van der Waals surface area contributed by atoms with Gasteiger partial charge >= 0.3 is 0 Å². The molecule has 2 rings (SSSR count). The zero-order valence-electron chi connectivity index (χ0n) is 8.53. The molecule has 1 aromatic rings. The van der Waals surface area contributed by atoms with Crippen molar-refractivity contribution in [2.24, 2.45) is 5.73 Å². The second kappa shape index (κ2) is 4.40. The van der Waals surface area contributed by atoms with Gasteiger partial charge in [-0.05, 0) is 43.5 Å². The average molecular weight is 209 g/mol. The number of aromatic hydroxyl groups is 1. The van der Waals surface area contributed by atoms with Crippen molar-refractivity contribution >= 4 is 0 Å². The van der Waals surface area contributed by atoms with Gasteiger partial charge in [0, 0.05) is 0 Å². The summed E-state index contributed by atoms with van der Waals surface area (Å²) in [7, 11) is 0. The number of rotatable bonds is 4. The minimum atomic E-state index is 0.160. The molecule has 1 aromatic carbocycles. The van der Waals surface area contributed by atoms with E-state index in [1.807, 2.05) is 6.07 Å². The molecule has 0 saturated carbocycles. The van der Waals surface area contributed by atoms with Crippen molar-refractivity contribution in [3.63, 3.8) is 0 Å². The fraction of sp³-hybridized carbons (Fsp3) is 0.455. The van der Waals surface area contributed by atoms with Gasteiger partial charge in [-0.25, -0.2) is 0 Å². The SMILES string of the molecule is NCCCCc1cc(O)c2c(c1)OCO2. The molecule has 4 heteroatoms. The molecule has 0 aromatic heterocycles. The van der Waals surface area contributed by atoms with E-state index in [9.17, 15) is 5.11 Å². The Kier molecular flexibility index (Phi) is 2.97. The highest BCUT2D eigenvalue weighted by Gasteiger charge is 2.18. The second-order valence-corrected chi connectivity index (χ2v) is 3.59. The van der Waals surface area contributed by atoms with Crippen LogP contribution in [0.4, 0.5) is 0 Å². The first kappa shape index (κ1) is 10.1. The van der Waals surface area contributed by atoms with Crippen molar-refractivity contribution in [3.8, 4) is 17.2 Å². The van der Waals surface area contributed by atoms with Gasteiger partial charge in [0.1, 0.15) is 0 Å². The van der Waals surface area contributed by atoms with E-state index in [0.717, 1.165) is 24.8 Å². The van der Waals surface area contributed by atoms with E-state index in [1.54, 1.807) is 6.07 Å². The molecule has 0 aliphatic carbocycles. The summed E-state index contributed by atoms with van der Waals surface area (Å²) in [6, 6.07) is 3.64. The van der Waals surface area contributed by atoms with Crippen LogP contribution in [0.5, 0.6) is 17.2 Å². The fourth-order valence-corrected chi connectivity index (χ4v) is 1.66. The summed E-state index contributed by atoms with van der Waals surface area (Å²) in [6.45, 7) is 0.895. The monoisotopic (exact) mass is 209 g/mol. The molecule has 0 radical (unpaired) electrons. The summed E-state index contributed by atoms with van der Waals surface area (Å²) >= 11 is 0. The van der Waals surface area contributed by atoms with Crippen LogP contribution in [0, 0.1) is 0 Å². The molecule has 0 amide bonds. The third-order valence-electron chi connectivity index (χ3n) is 2.43. The molecule has 0 saturated heterocycles. The molecule has 0 spiro atoms. The number of phenolic OH excluding ortho intramolecular Hbond substituents is 1. The van der Waals surface area contributed by atoms with Crippen LogP contribution in [0.2, 0.25) is 0 Å². The zero-order valence-corrected chi connectivity index (χ0v) is 8.53. The summed E-state index contributed by atoms with van der Waals surface area (Å²) in [4.78, 5) is 0. The Bertz CT molecular complexity index is 352. The van der Waals surface area contributed by atoms with E-state index in [4.69, 9.17) is 15.2 Å². The second-order valence-electron chi connectivity index (χ2n) is 3.59. The lowest BCUT2D eigenvalue weighted by Crippen LogP contribution is -1.98. The molecule has 4 nitrogen and oxygen atoms in total. The van der Waals surface area contributed by atoms with Gasteiger partial charge in [0.25, 0.3) is 0 Å². The highest BCUT2D eigenvalue weighted by Crippen LogP contribution is 2.41. The number of nitrogens with two attached hydrogens (primary N) is 1. The number of ether oxygens (including phenoxy) is 2. The van der Waals surface area contributed by atoms with Crippen molar-refractivity contribution in [2.75, 3.05) is 13.3 Å². The maximum absolute atomic E-state index is 9.64. The number of aryl methyl sites for hydroxylation is 1. The molecule has 1 aliphatic rings. The summed E-state index contributed by atoms with van der Waals surface area (Å²) < 4.78 is 10.3. The van der Waals surface area contributed by atoms with Gasteiger partial charge in [-0.1, -0.05) is 0 Å². The number of phenols is 1. The third kappa shape index (κ3) is 2.15. The molecule has 0 bridgehead atoms. The smallest absolute Gasteiger partial charge is 0.231 e. The van der Waals surface area contributed by atoms with Crippen molar-refractivity contribution in [3.05, 3.63) is 17.7 Å². The van der Waals surface area contributed by atoms with Gasteiger partial charge in [-0.15, -0.1) is 0 Å². The molecule has 82 valence electrons.